The van der Waals surface area contributed by atoms with Gasteiger partial charge in [0.05, 0.1) is 13.1 Å². The van der Waals surface area contributed by atoms with Crippen molar-refractivity contribution < 1.29 is 14.4 Å². The van der Waals surface area contributed by atoms with E-state index < -0.39 is 0 Å². The fraction of sp³-hybridized carbons (Fsp3) is 0.727. The van der Waals surface area contributed by atoms with E-state index in [0.717, 1.165) is 6.54 Å². The Kier molecular flexibility index (Phi) is 4.66. The molecule has 1 rings (SSSR count). The molecule has 1 heterocycles. The summed E-state index contributed by atoms with van der Waals surface area (Å²) in [6, 6.07) is 0. The molecular formula is C11H20NO2+. The third-order valence-electron chi connectivity index (χ3n) is 2.60. The number of quaternary nitrogens is 1. The van der Waals surface area contributed by atoms with Crippen molar-refractivity contribution in [2.45, 2.75) is 26.2 Å². The highest BCUT2D eigenvalue weighted by Gasteiger charge is 2.13. The maximum Gasteiger partial charge on any atom is 0.333 e. The minimum absolute atomic E-state index is 0.263. The molecule has 0 saturated carbocycles. The molecule has 1 N–H and O–H groups in total. The van der Waals surface area contributed by atoms with Crippen LogP contribution in [0.15, 0.2) is 12.2 Å². The lowest BCUT2D eigenvalue weighted by Crippen LogP contribution is -3.13. The van der Waals surface area contributed by atoms with Crippen LogP contribution in [0.2, 0.25) is 0 Å². The van der Waals surface area contributed by atoms with Crippen LogP contribution in [0.4, 0.5) is 0 Å². The number of rotatable bonds is 4. The number of piperidine rings is 1. The van der Waals surface area contributed by atoms with Gasteiger partial charge >= 0.3 is 5.97 Å². The van der Waals surface area contributed by atoms with Crippen molar-refractivity contribution in [1.29, 1.82) is 0 Å². The number of esters is 1. The lowest BCUT2D eigenvalue weighted by atomic mass is 10.1. The second-order valence-electron chi connectivity index (χ2n) is 3.98. The van der Waals surface area contributed by atoms with E-state index in [9.17, 15) is 4.79 Å². The molecule has 1 saturated heterocycles. The molecule has 3 nitrogen and oxygen atoms in total. The average Bonchev–Trinajstić information content (AvgIpc) is 2.19. The number of carbonyl (C=O) groups excluding carboxylic acids is 1. The Balaban J connectivity index is 2.08. The zero-order valence-electron chi connectivity index (χ0n) is 8.97. The van der Waals surface area contributed by atoms with Crippen molar-refractivity contribution in [3.05, 3.63) is 12.2 Å². The fourth-order valence-corrected chi connectivity index (χ4v) is 1.71. The normalized spacial score (nSPS) is 17.8. The van der Waals surface area contributed by atoms with Crippen molar-refractivity contribution in [2.75, 3.05) is 26.2 Å². The molecule has 1 aliphatic heterocycles. The van der Waals surface area contributed by atoms with Crippen LogP contribution in [-0.2, 0) is 9.53 Å². The van der Waals surface area contributed by atoms with Crippen molar-refractivity contribution in [1.82, 2.24) is 0 Å². The minimum Gasteiger partial charge on any atom is -0.456 e. The average molecular weight is 198 g/mol. The number of likely N-dealkylation sites (tertiary alicyclic amines) is 1. The second kappa shape index (κ2) is 5.81. The van der Waals surface area contributed by atoms with E-state index in [1.807, 2.05) is 0 Å². The van der Waals surface area contributed by atoms with Crippen LogP contribution in [-0.4, -0.2) is 32.2 Å². The highest BCUT2D eigenvalue weighted by Crippen LogP contribution is 1.94. The van der Waals surface area contributed by atoms with Gasteiger partial charge in [-0.25, -0.2) is 4.79 Å². The first-order valence-corrected chi connectivity index (χ1v) is 5.36. The Morgan fingerprint density at radius 1 is 1.36 bits per heavy atom. The van der Waals surface area contributed by atoms with Gasteiger partial charge in [-0.3, -0.25) is 0 Å². The first-order chi connectivity index (χ1) is 6.70. The van der Waals surface area contributed by atoms with E-state index in [4.69, 9.17) is 4.74 Å². The summed E-state index contributed by atoms with van der Waals surface area (Å²) in [7, 11) is 0. The largest absolute Gasteiger partial charge is 0.456 e. The minimum atomic E-state index is -0.263. The van der Waals surface area contributed by atoms with Crippen LogP contribution in [0.5, 0.6) is 0 Å². The second-order valence-corrected chi connectivity index (χ2v) is 3.98. The maximum absolute atomic E-state index is 11.1. The predicted molar refractivity (Wildman–Crippen MR) is 55.2 cm³/mol. The Hall–Kier alpha value is -0.830. The van der Waals surface area contributed by atoms with Crippen molar-refractivity contribution in [3.8, 4) is 0 Å². The first kappa shape index (κ1) is 11.2. The molecular weight excluding hydrogens is 178 g/mol. The van der Waals surface area contributed by atoms with Crippen molar-refractivity contribution in [3.63, 3.8) is 0 Å². The quantitative estimate of drug-likeness (QED) is 0.516. The molecule has 0 spiro atoms. The zero-order valence-corrected chi connectivity index (χ0v) is 8.97. The SMILES string of the molecule is C=C(C)C(=O)OCC[NH+]1CCCCC1. The summed E-state index contributed by atoms with van der Waals surface area (Å²) in [6.45, 7) is 9.14. The fourth-order valence-electron chi connectivity index (χ4n) is 1.71. The molecule has 0 bridgehead atoms. The van der Waals surface area contributed by atoms with Crippen LogP contribution in [0.1, 0.15) is 26.2 Å². The Bertz CT molecular complexity index is 207. The van der Waals surface area contributed by atoms with Gasteiger partial charge in [-0.15, -0.1) is 0 Å². The molecule has 1 aliphatic rings. The number of hydrogen-bond acceptors (Lipinski definition) is 2. The van der Waals surface area contributed by atoms with Crippen LogP contribution in [0.25, 0.3) is 0 Å². The van der Waals surface area contributed by atoms with Crippen LogP contribution in [0, 0.1) is 0 Å². The van der Waals surface area contributed by atoms with E-state index in [2.05, 4.69) is 6.58 Å². The van der Waals surface area contributed by atoms with Crippen molar-refractivity contribution in [2.24, 2.45) is 0 Å². The predicted octanol–water partition coefficient (Wildman–Crippen LogP) is 0.175. The summed E-state index contributed by atoms with van der Waals surface area (Å²) in [6.07, 6.45) is 3.97. The summed E-state index contributed by atoms with van der Waals surface area (Å²) >= 11 is 0. The van der Waals surface area contributed by atoms with Crippen LogP contribution >= 0.6 is 0 Å². The first-order valence-electron chi connectivity index (χ1n) is 5.36. The Morgan fingerprint density at radius 3 is 2.57 bits per heavy atom. The molecule has 14 heavy (non-hydrogen) atoms. The monoisotopic (exact) mass is 198 g/mol. The number of hydrogen-bond donors (Lipinski definition) is 1. The Labute approximate surface area is 85.7 Å². The lowest BCUT2D eigenvalue weighted by molar-refractivity contribution is -0.905. The van der Waals surface area contributed by atoms with E-state index in [-0.39, 0.29) is 5.97 Å². The van der Waals surface area contributed by atoms with E-state index >= 15 is 0 Å². The lowest BCUT2D eigenvalue weighted by Gasteiger charge is -2.23. The third kappa shape index (κ3) is 3.92. The summed E-state index contributed by atoms with van der Waals surface area (Å²) in [5.74, 6) is -0.263. The summed E-state index contributed by atoms with van der Waals surface area (Å²) < 4.78 is 5.05. The third-order valence-corrected chi connectivity index (χ3v) is 2.60. The molecule has 0 aromatic heterocycles. The molecule has 0 aliphatic carbocycles. The van der Waals surface area contributed by atoms with Gasteiger partial charge in [-0.2, -0.15) is 0 Å². The standard InChI is InChI=1S/C11H19NO2/c1-10(2)11(13)14-9-8-12-6-4-3-5-7-12/h1,3-9H2,2H3/p+1. The zero-order chi connectivity index (χ0) is 10.4. The highest BCUT2D eigenvalue weighted by atomic mass is 16.5. The highest BCUT2D eigenvalue weighted by molar-refractivity contribution is 5.86. The van der Waals surface area contributed by atoms with Crippen LogP contribution < -0.4 is 4.90 Å². The van der Waals surface area contributed by atoms with E-state index in [1.165, 1.54) is 32.4 Å². The van der Waals surface area contributed by atoms with Crippen LogP contribution in [0.3, 0.4) is 0 Å². The molecule has 0 radical (unpaired) electrons. The number of nitrogens with one attached hydrogen (secondary N) is 1. The topological polar surface area (TPSA) is 30.7 Å². The van der Waals surface area contributed by atoms with Gasteiger partial charge in [-0.1, -0.05) is 6.58 Å². The van der Waals surface area contributed by atoms with Gasteiger partial charge in [-0.05, 0) is 26.2 Å². The van der Waals surface area contributed by atoms with Gasteiger partial charge < -0.3 is 9.64 Å². The molecule has 0 amide bonds. The molecule has 0 unspecified atom stereocenters. The van der Waals surface area contributed by atoms with Gasteiger partial charge in [0.15, 0.2) is 0 Å². The van der Waals surface area contributed by atoms with Gasteiger partial charge in [0.25, 0.3) is 0 Å². The molecule has 0 aromatic rings. The summed E-state index contributed by atoms with van der Waals surface area (Å²) in [4.78, 5) is 12.6. The van der Waals surface area contributed by atoms with E-state index in [0.29, 0.717) is 12.2 Å². The Morgan fingerprint density at radius 2 is 2.00 bits per heavy atom. The molecule has 80 valence electrons. The smallest absolute Gasteiger partial charge is 0.333 e. The van der Waals surface area contributed by atoms with Gasteiger partial charge in [0.2, 0.25) is 0 Å². The maximum atomic E-state index is 11.1. The van der Waals surface area contributed by atoms with Crippen molar-refractivity contribution >= 4 is 5.97 Å². The summed E-state index contributed by atoms with van der Waals surface area (Å²) in [5, 5.41) is 0. The summed E-state index contributed by atoms with van der Waals surface area (Å²) in [5.41, 5.74) is 0.485. The molecule has 1 fully saturated rings. The van der Waals surface area contributed by atoms with E-state index in [1.54, 1.807) is 11.8 Å². The number of carbonyl (C=O) groups is 1. The van der Waals surface area contributed by atoms with Gasteiger partial charge in [0.1, 0.15) is 13.2 Å². The molecule has 0 atom stereocenters. The number of ether oxygens (including phenoxy) is 1. The van der Waals surface area contributed by atoms with Gasteiger partial charge in [0, 0.05) is 5.57 Å². The molecule has 0 aromatic carbocycles. The molecule has 3 heteroatoms.